The van der Waals surface area contributed by atoms with Crippen LogP contribution < -0.4 is 5.32 Å². The van der Waals surface area contributed by atoms with Gasteiger partial charge >= 0.3 is 0 Å². The average molecular weight is 446 g/mol. The molecule has 25 heavy (non-hydrogen) atoms. The number of carbonyl (C=O) groups excluding carboxylic acids is 1. The molecule has 5 nitrogen and oxygen atoms in total. The van der Waals surface area contributed by atoms with Gasteiger partial charge in [0.05, 0.1) is 11.6 Å². The van der Waals surface area contributed by atoms with Crippen LogP contribution in [-0.2, 0) is 14.8 Å². The summed E-state index contributed by atoms with van der Waals surface area (Å²) in [5.74, 6) is -0.431. The number of carbonyl (C=O) groups is 1. The normalized spacial score (nSPS) is 11.6. The van der Waals surface area contributed by atoms with Crippen molar-refractivity contribution in [2.24, 2.45) is 0 Å². The van der Waals surface area contributed by atoms with Crippen LogP contribution in [0.25, 0.3) is 0 Å². The van der Waals surface area contributed by atoms with Crippen molar-refractivity contribution in [3.63, 3.8) is 0 Å². The van der Waals surface area contributed by atoms with Crippen molar-refractivity contribution in [3.8, 4) is 0 Å². The van der Waals surface area contributed by atoms with Crippen LogP contribution in [0, 0.1) is 13.8 Å². The Morgan fingerprint density at radius 1 is 1.20 bits per heavy atom. The van der Waals surface area contributed by atoms with E-state index in [2.05, 4.69) is 21.2 Å². The number of sulfonamides is 1. The molecule has 0 bridgehead atoms. The zero-order valence-electron chi connectivity index (χ0n) is 14.0. The van der Waals surface area contributed by atoms with Crippen LogP contribution in [0.4, 0.5) is 5.69 Å². The molecule has 0 radical (unpaired) electrons. The highest BCUT2D eigenvalue weighted by Gasteiger charge is 2.25. The molecule has 2 aromatic rings. The average Bonchev–Trinajstić information content (AvgIpc) is 2.49. The van der Waals surface area contributed by atoms with Crippen LogP contribution in [0.2, 0.25) is 5.02 Å². The van der Waals surface area contributed by atoms with E-state index in [1.54, 1.807) is 24.3 Å². The fourth-order valence-corrected chi connectivity index (χ4v) is 4.40. The molecule has 8 heteroatoms. The number of hydrogen-bond acceptors (Lipinski definition) is 3. The molecule has 0 aliphatic rings. The Kier molecular flexibility index (Phi) is 6.26. The van der Waals surface area contributed by atoms with Crippen LogP contribution in [0.3, 0.4) is 0 Å². The molecule has 0 unspecified atom stereocenters. The van der Waals surface area contributed by atoms with Gasteiger partial charge in [0.15, 0.2) is 0 Å². The number of hydrogen-bond donors (Lipinski definition) is 1. The highest BCUT2D eigenvalue weighted by molar-refractivity contribution is 9.10. The van der Waals surface area contributed by atoms with Gasteiger partial charge in [0.1, 0.15) is 4.90 Å². The molecule has 0 atom stereocenters. The molecular formula is C17H18BrClN2O3S. The van der Waals surface area contributed by atoms with E-state index in [9.17, 15) is 13.2 Å². The fourth-order valence-electron chi connectivity index (χ4n) is 2.23. The summed E-state index contributed by atoms with van der Waals surface area (Å²) in [7, 11) is -2.51. The molecule has 0 aliphatic carbocycles. The summed E-state index contributed by atoms with van der Waals surface area (Å²) in [6.07, 6.45) is 0. The molecule has 0 saturated carbocycles. The maximum atomic E-state index is 12.6. The molecule has 0 fully saturated rings. The lowest BCUT2D eigenvalue weighted by Gasteiger charge is -2.18. The van der Waals surface area contributed by atoms with E-state index in [1.165, 1.54) is 13.1 Å². The maximum absolute atomic E-state index is 12.6. The highest BCUT2D eigenvalue weighted by atomic mass is 79.9. The van der Waals surface area contributed by atoms with Gasteiger partial charge in [-0.05, 0) is 55.3 Å². The molecular weight excluding hydrogens is 428 g/mol. The number of rotatable bonds is 5. The number of amides is 1. The molecule has 134 valence electrons. The fraction of sp³-hybridized carbons (Fsp3) is 0.235. The number of benzene rings is 2. The molecule has 1 N–H and O–H groups in total. The van der Waals surface area contributed by atoms with Crippen molar-refractivity contribution in [2.45, 2.75) is 18.7 Å². The summed E-state index contributed by atoms with van der Waals surface area (Å²) < 4.78 is 27.1. The molecule has 0 aromatic heterocycles. The Labute approximate surface area is 161 Å². The van der Waals surface area contributed by atoms with E-state index >= 15 is 0 Å². The zero-order valence-corrected chi connectivity index (χ0v) is 17.2. The number of anilines is 1. The maximum Gasteiger partial charge on any atom is 0.244 e. The van der Waals surface area contributed by atoms with Gasteiger partial charge in [-0.15, -0.1) is 0 Å². The minimum absolute atomic E-state index is 0.0186. The lowest BCUT2D eigenvalue weighted by molar-refractivity contribution is -0.116. The van der Waals surface area contributed by atoms with Gasteiger partial charge in [0.25, 0.3) is 0 Å². The molecule has 2 aromatic carbocycles. The number of aryl methyl sites for hydroxylation is 2. The summed E-state index contributed by atoms with van der Waals surface area (Å²) >= 11 is 9.40. The van der Waals surface area contributed by atoms with Gasteiger partial charge < -0.3 is 5.32 Å². The predicted molar refractivity (Wildman–Crippen MR) is 104 cm³/mol. The van der Waals surface area contributed by atoms with Gasteiger partial charge in [-0.3, -0.25) is 4.79 Å². The molecule has 0 aliphatic heterocycles. The SMILES string of the molecule is Cc1ccc(S(=O)(=O)N(C)CC(=O)Nc2ccc(Br)cc2C)c(Cl)c1. The number of nitrogens with zero attached hydrogens (tertiary/aromatic N) is 1. The standard InChI is InChI=1S/C17H18BrClN2O3S/c1-11-4-7-16(14(19)8-11)25(23,24)21(3)10-17(22)20-15-6-5-13(18)9-12(15)2/h4-9H,10H2,1-3H3,(H,20,22). The third kappa shape index (κ3) is 4.82. The third-order valence-electron chi connectivity index (χ3n) is 3.60. The van der Waals surface area contributed by atoms with Crippen molar-refractivity contribution >= 4 is 49.1 Å². The quantitative estimate of drug-likeness (QED) is 0.757. The smallest absolute Gasteiger partial charge is 0.244 e. The number of nitrogens with one attached hydrogen (secondary N) is 1. The Morgan fingerprint density at radius 2 is 1.88 bits per heavy atom. The minimum atomic E-state index is -3.86. The predicted octanol–water partition coefficient (Wildman–Crippen LogP) is 3.98. The van der Waals surface area contributed by atoms with Gasteiger partial charge in [-0.25, -0.2) is 8.42 Å². The van der Waals surface area contributed by atoms with Gasteiger partial charge in [0.2, 0.25) is 15.9 Å². The second kappa shape index (κ2) is 7.86. The van der Waals surface area contributed by atoms with Crippen LogP contribution in [0.1, 0.15) is 11.1 Å². The van der Waals surface area contributed by atoms with Crippen LogP contribution in [-0.4, -0.2) is 32.2 Å². The Morgan fingerprint density at radius 3 is 2.48 bits per heavy atom. The van der Waals surface area contributed by atoms with E-state index in [1.807, 2.05) is 19.9 Å². The zero-order chi connectivity index (χ0) is 18.8. The summed E-state index contributed by atoms with van der Waals surface area (Å²) in [5.41, 5.74) is 2.36. The van der Waals surface area contributed by atoms with E-state index in [-0.39, 0.29) is 16.5 Å². The first kappa shape index (κ1) is 19.9. The van der Waals surface area contributed by atoms with Crippen molar-refractivity contribution in [2.75, 3.05) is 18.9 Å². The van der Waals surface area contributed by atoms with Gasteiger partial charge in [-0.2, -0.15) is 4.31 Å². The highest BCUT2D eigenvalue weighted by Crippen LogP contribution is 2.25. The molecule has 0 saturated heterocycles. The molecule has 0 heterocycles. The molecule has 2 rings (SSSR count). The van der Waals surface area contributed by atoms with E-state index in [0.717, 1.165) is 19.9 Å². The monoisotopic (exact) mass is 444 g/mol. The Hall–Kier alpha value is -1.41. The third-order valence-corrected chi connectivity index (χ3v) is 6.38. The lowest BCUT2D eigenvalue weighted by atomic mass is 10.2. The first-order valence-electron chi connectivity index (χ1n) is 7.40. The van der Waals surface area contributed by atoms with Gasteiger partial charge in [0, 0.05) is 17.2 Å². The minimum Gasteiger partial charge on any atom is -0.325 e. The topological polar surface area (TPSA) is 66.5 Å². The van der Waals surface area contributed by atoms with Gasteiger partial charge in [-0.1, -0.05) is 33.6 Å². The first-order chi connectivity index (χ1) is 11.6. The molecule has 1 amide bonds. The second-order valence-corrected chi connectivity index (χ2v) is 9.04. The number of likely N-dealkylation sites (N-methyl/N-ethyl adjacent to an activating group) is 1. The first-order valence-corrected chi connectivity index (χ1v) is 10.0. The lowest BCUT2D eigenvalue weighted by Crippen LogP contribution is -2.35. The van der Waals surface area contributed by atoms with Crippen molar-refractivity contribution < 1.29 is 13.2 Å². The number of halogens is 2. The Bertz CT molecular complexity index is 916. The summed E-state index contributed by atoms with van der Waals surface area (Å²) in [4.78, 5) is 12.2. The van der Waals surface area contributed by atoms with Crippen LogP contribution in [0.5, 0.6) is 0 Å². The summed E-state index contributed by atoms with van der Waals surface area (Å²) in [6.45, 7) is 3.36. The van der Waals surface area contributed by atoms with Crippen LogP contribution >= 0.6 is 27.5 Å². The second-order valence-electron chi connectivity index (χ2n) is 5.70. The van der Waals surface area contributed by atoms with Crippen LogP contribution in [0.15, 0.2) is 45.8 Å². The summed E-state index contributed by atoms with van der Waals surface area (Å²) in [5, 5.41) is 2.85. The van der Waals surface area contributed by atoms with E-state index in [4.69, 9.17) is 11.6 Å². The van der Waals surface area contributed by atoms with Crippen molar-refractivity contribution in [1.82, 2.24) is 4.31 Å². The van der Waals surface area contributed by atoms with E-state index in [0.29, 0.717) is 5.69 Å². The largest absolute Gasteiger partial charge is 0.325 e. The summed E-state index contributed by atoms with van der Waals surface area (Å²) in [6, 6.07) is 10.1. The van der Waals surface area contributed by atoms with Crippen molar-refractivity contribution in [1.29, 1.82) is 0 Å². The molecule has 0 spiro atoms. The van der Waals surface area contributed by atoms with E-state index < -0.39 is 15.9 Å². The van der Waals surface area contributed by atoms with Crippen molar-refractivity contribution in [3.05, 3.63) is 57.0 Å². The Balaban J connectivity index is 2.14.